The van der Waals surface area contributed by atoms with Crippen molar-refractivity contribution in [2.24, 2.45) is 0 Å². The molecule has 12 N–H and O–H groups in total. The van der Waals surface area contributed by atoms with E-state index in [1.54, 1.807) is 14.1 Å². The first-order valence-electron chi connectivity index (χ1n) is 21.1. The Hall–Kier alpha value is 0.830. The summed E-state index contributed by atoms with van der Waals surface area (Å²) >= 11 is 0. The van der Waals surface area contributed by atoms with Crippen LogP contribution in [0.4, 0.5) is 0 Å². The minimum absolute atomic E-state index is 0.0228. The van der Waals surface area contributed by atoms with Crippen molar-refractivity contribution in [2.45, 2.75) is 25.0 Å². The van der Waals surface area contributed by atoms with Crippen LogP contribution in [0.3, 0.4) is 0 Å². The van der Waals surface area contributed by atoms with Crippen LogP contribution in [0.5, 0.6) is 0 Å². The number of ether oxygens (including phenoxy) is 2. The second kappa shape index (κ2) is 39.4. The van der Waals surface area contributed by atoms with E-state index in [1.807, 2.05) is 0 Å². The molecule has 0 saturated carbocycles. The molecule has 0 bridgehead atoms. The van der Waals surface area contributed by atoms with Gasteiger partial charge in [-0.2, -0.15) is 0 Å². The molecule has 0 saturated heterocycles. The fourth-order valence-corrected chi connectivity index (χ4v) is 10.5. The van der Waals surface area contributed by atoms with Crippen LogP contribution >= 0.6 is 70.2 Å². The first-order chi connectivity index (χ1) is 35.1. The molecule has 0 aliphatic heterocycles. The third-order valence-corrected chi connectivity index (χ3v) is 16.0. The zero-order valence-electron chi connectivity index (χ0n) is 40.6. The number of rotatable bonds is 53. The number of hydrogen-bond acceptors (Lipinski definition) is 31. The molecule has 458 valence electrons. The number of phosphoric acid groups is 8. The lowest BCUT2D eigenvalue weighted by Gasteiger charge is -2.22. The maximum Gasteiger partial charge on any atom is 0.472 e. The zero-order valence-corrected chi connectivity index (χ0v) is 48.7. The van der Waals surface area contributed by atoms with E-state index in [0.717, 1.165) is 6.66 Å². The van der Waals surface area contributed by atoms with Crippen molar-refractivity contribution in [3.8, 4) is 0 Å². The second-order valence-corrected chi connectivity index (χ2v) is 26.9. The highest BCUT2D eigenvalue weighted by molar-refractivity contribution is 7.52. The molecule has 11 atom stereocenters. The topological polar surface area (TPSA) is 555 Å². The summed E-state index contributed by atoms with van der Waals surface area (Å²) in [4.78, 5) is 87.5. The Bertz CT molecular complexity index is 2040. The van der Waals surface area contributed by atoms with Crippen molar-refractivity contribution in [3.05, 3.63) is 0 Å². The standard InChI is InChI=1S/C27H67N2O38P9/c1-28-24-49-6-4-26(22-30)66-75(45,46)64-21-20-61-73(41,42)59-17-16-57-71(37,38)55-13-12-53-69(33,34)52-10-11-54-70(35,36)56-14-15-58-72(39,40)60-18-19-62-74(43,44)65-23-27(5-7-50-25-29-2)67-76(47,48)63-9-8-51-68(3,31)32/h26-30H,4-25H2,1-3H3,(H,31,32)(H,33,34)(H,35,36)(H,37,38)(H,39,40)(H,41,42)(H,43,44)(H,45,46)(H,47,48). The molecule has 0 aromatic heterocycles. The first-order valence-corrected chi connectivity index (χ1v) is 35.1. The molecule has 0 rings (SSSR count). The highest BCUT2D eigenvalue weighted by Gasteiger charge is 2.33. The first kappa shape index (κ1) is 76.8. The van der Waals surface area contributed by atoms with Gasteiger partial charge in [0.15, 0.2) is 0 Å². The monoisotopic (exact) mass is 1310 g/mol. The Morgan fingerprint density at radius 2 is 0.553 bits per heavy atom. The van der Waals surface area contributed by atoms with Crippen molar-refractivity contribution in [1.82, 2.24) is 10.6 Å². The summed E-state index contributed by atoms with van der Waals surface area (Å²) in [5, 5.41) is 14.6. The van der Waals surface area contributed by atoms with E-state index in [4.69, 9.17) is 27.9 Å². The van der Waals surface area contributed by atoms with Crippen LogP contribution in [0.15, 0.2) is 0 Å². The summed E-state index contributed by atoms with van der Waals surface area (Å²) in [5.74, 6) is 0. The van der Waals surface area contributed by atoms with Crippen LogP contribution in [-0.2, 0) is 127 Å². The molecule has 0 amide bonds. The molecule has 49 heteroatoms. The van der Waals surface area contributed by atoms with E-state index < -0.39 is 188 Å². The van der Waals surface area contributed by atoms with Gasteiger partial charge in [-0.25, -0.2) is 36.5 Å². The van der Waals surface area contributed by atoms with Gasteiger partial charge in [-0.1, -0.05) is 0 Å². The number of aliphatic hydroxyl groups excluding tert-OH is 1. The number of phosphoric ester groups is 8. The second-order valence-electron chi connectivity index (χ2n) is 13.5. The quantitative estimate of drug-likeness (QED) is 0.0227. The Morgan fingerprint density at radius 3 is 0.803 bits per heavy atom. The lowest BCUT2D eigenvalue weighted by molar-refractivity contribution is 0.0236. The number of hydrogen-bond donors (Lipinski definition) is 12. The SMILES string of the molecule is CNCOCCC(CO)OP(=O)(O)OCCOP(=O)(O)OCCOP(=O)(O)OCCOP(=O)(O)OCCOP(=O)(O)OCCOP(=O)(O)OCCOP(=O)(O)OCC(CCOCNC)OP(=O)(O)OCCOP(C)(=O)O. The van der Waals surface area contributed by atoms with Crippen LogP contribution in [-0.4, -0.2) is 215 Å². The summed E-state index contributed by atoms with van der Waals surface area (Å²) in [7, 11) is -40.1. The molecule has 40 nitrogen and oxygen atoms in total. The van der Waals surface area contributed by atoms with E-state index in [2.05, 4.69) is 74.0 Å². The molecular weight excluding hydrogens is 1240 g/mol. The number of nitrogens with one attached hydrogen (secondary N) is 2. The van der Waals surface area contributed by atoms with Crippen LogP contribution < -0.4 is 10.6 Å². The average Bonchev–Trinajstić information content (AvgIpc) is 3.30. The third kappa shape index (κ3) is 46.3. The molecule has 11 unspecified atom stereocenters. The predicted molar refractivity (Wildman–Crippen MR) is 249 cm³/mol. The van der Waals surface area contributed by atoms with Gasteiger partial charge in [-0.05, 0) is 26.9 Å². The summed E-state index contributed by atoms with van der Waals surface area (Å²) in [5.41, 5.74) is 0. The molecule has 0 radical (unpaired) electrons. The predicted octanol–water partition coefficient (Wildman–Crippen LogP) is 0.784. The van der Waals surface area contributed by atoms with Crippen LogP contribution in [0.2, 0.25) is 0 Å². The maximum absolute atomic E-state index is 12.3. The Morgan fingerprint density at radius 1 is 0.329 bits per heavy atom. The van der Waals surface area contributed by atoms with Crippen molar-refractivity contribution < 1.29 is 177 Å². The lowest BCUT2D eigenvalue weighted by Crippen LogP contribution is -2.23. The number of aliphatic hydroxyl groups is 1. The van der Waals surface area contributed by atoms with E-state index in [0.29, 0.717) is 0 Å². The Labute approximate surface area is 434 Å². The Balaban J connectivity index is 4.45. The van der Waals surface area contributed by atoms with E-state index in [-0.39, 0.29) is 39.5 Å². The molecule has 0 fully saturated rings. The summed E-state index contributed by atoms with van der Waals surface area (Å²) in [6, 6.07) is 0. The molecule has 0 heterocycles. The van der Waals surface area contributed by atoms with Crippen molar-refractivity contribution in [3.63, 3.8) is 0 Å². The van der Waals surface area contributed by atoms with E-state index in [9.17, 15) is 85.3 Å². The molecule has 0 aliphatic carbocycles. The highest BCUT2D eigenvalue weighted by atomic mass is 31.2. The van der Waals surface area contributed by atoms with E-state index in [1.165, 1.54) is 0 Å². The van der Waals surface area contributed by atoms with Crippen LogP contribution in [0.1, 0.15) is 12.8 Å². The lowest BCUT2D eigenvalue weighted by atomic mass is 10.3. The zero-order chi connectivity index (χ0) is 58.1. The van der Waals surface area contributed by atoms with Gasteiger partial charge < -0.3 is 63.1 Å². The maximum atomic E-state index is 12.3. The fourth-order valence-electron chi connectivity index (χ4n) is 4.15. The molecule has 0 aromatic carbocycles. The normalized spacial score (nSPS) is 20.3. The molecule has 0 aliphatic rings. The minimum Gasteiger partial charge on any atom is -0.394 e. The highest BCUT2D eigenvalue weighted by Crippen LogP contribution is 2.51. The van der Waals surface area contributed by atoms with Crippen LogP contribution in [0.25, 0.3) is 0 Å². The smallest absolute Gasteiger partial charge is 0.394 e. The van der Waals surface area contributed by atoms with Crippen LogP contribution in [0, 0.1) is 0 Å². The van der Waals surface area contributed by atoms with Gasteiger partial charge in [0.2, 0.25) is 0 Å². The van der Waals surface area contributed by atoms with E-state index >= 15 is 0 Å². The van der Waals surface area contributed by atoms with Gasteiger partial charge in [0.25, 0.3) is 0 Å². The van der Waals surface area contributed by atoms with Gasteiger partial charge in [0.05, 0.1) is 145 Å². The summed E-state index contributed by atoms with van der Waals surface area (Å²) in [6.07, 6.45) is -2.75. The van der Waals surface area contributed by atoms with Gasteiger partial charge in [0.1, 0.15) is 0 Å². The van der Waals surface area contributed by atoms with Gasteiger partial charge in [-0.15, -0.1) is 0 Å². The van der Waals surface area contributed by atoms with Crippen molar-refractivity contribution in [1.29, 1.82) is 0 Å². The largest absolute Gasteiger partial charge is 0.472 e. The van der Waals surface area contributed by atoms with Crippen molar-refractivity contribution in [2.75, 3.05) is 153 Å². The Kier molecular flexibility index (Phi) is 39.8. The molecule has 0 aromatic rings. The molecule has 76 heavy (non-hydrogen) atoms. The average molecular weight is 1310 g/mol. The molecular formula is C27H67N2O38P9. The van der Waals surface area contributed by atoms with Crippen molar-refractivity contribution >= 4 is 70.2 Å². The summed E-state index contributed by atoms with van der Waals surface area (Å²) in [6.45, 7) is -12.1. The van der Waals surface area contributed by atoms with Gasteiger partial charge in [0, 0.05) is 6.66 Å². The summed E-state index contributed by atoms with van der Waals surface area (Å²) < 4.78 is 196. The van der Waals surface area contributed by atoms with Gasteiger partial charge in [-0.3, -0.25) is 87.6 Å². The fraction of sp³-hybridized carbons (Fsp3) is 1.00. The minimum atomic E-state index is -5.00. The third-order valence-electron chi connectivity index (χ3n) is 7.07. The van der Waals surface area contributed by atoms with Gasteiger partial charge >= 0.3 is 70.2 Å². The molecule has 0 spiro atoms.